The van der Waals surface area contributed by atoms with Crippen LogP contribution in [-0.2, 0) is 6.54 Å². The number of hydrogen-bond acceptors (Lipinski definition) is 4. The predicted molar refractivity (Wildman–Crippen MR) is 65.7 cm³/mol. The molecular formula is C12H21N3O. The van der Waals surface area contributed by atoms with Crippen LogP contribution in [0.4, 0.5) is 0 Å². The van der Waals surface area contributed by atoms with Gasteiger partial charge >= 0.3 is 0 Å². The number of ether oxygens (including phenoxy) is 1. The van der Waals surface area contributed by atoms with E-state index in [0.29, 0.717) is 0 Å². The summed E-state index contributed by atoms with van der Waals surface area (Å²) in [5, 5.41) is 3.10. The number of nitrogens with zero attached hydrogens (tertiary/aromatic N) is 2. The fraction of sp³-hybridized carbons (Fsp3) is 0.583. The van der Waals surface area contributed by atoms with Gasteiger partial charge in [0.15, 0.2) is 0 Å². The third-order valence-corrected chi connectivity index (χ3v) is 2.23. The summed E-state index contributed by atoms with van der Waals surface area (Å²) in [6.07, 6.45) is 4.65. The average Bonchev–Trinajstić information content (AvgIpc) is 2.26. The van der Waals surface area contributed by atoms with Gasteiger partial charge in [-0.3, -0.25) is 4.98 Å². The highest BCUT2D eigenvalue weighted by Crippen LogP contribution is 2.16. The normalized spacial score (nSPS) is 10.8. The Balaban J connectivity index is 2.40. The zero-order chi connectivity index (χ0) is 11.8. The van der Waals surface area contributed by atoms with Crippen LogP contribution in [0.15, 0.2) is 18.5 Å². The van der Waals surface area contributed by atoms with Crippen LogP contribution >= 0.6 is 0 Å². The molecule has 0 aromatic carbocycles. The lowest BCUT2D eigenvalue weighted by Crippen LogP contribution is -2.16. The van der Waals surface area contributed by atoms with E-state index in [1.807, 2.05) is 19.3 Å². The fourth-order valence-corrected chi connectivity index (χ4v) is 1.44. The molecule has 0 bridgehead atoms. The molecule has 0 radical (unpaired) electrons. The van der Waals surface area contributed by atoms with Crippen LogP contribution in [0.3, 0.4) is 0 Å². The Morgan fingerprint density at radius 1 is 1.44 bits per heavy atom. The van der Waals surface area contributed by atoms with Crippen molar-refractivity contribution in [1.29, 1.82) is 0 Å². The van der Waals surface area contributed by atoms with Crippen molar-refractivity contribution in [2.24, 2.45) is 0 Å². The van der Waals surface area contributed by atoms with Gasteiger partial charge in [0.1, 0.15) is 5.75 Å². The summed E-state index contributed by atoms with van der Waals surface area (Å²) >= 11 is 0. The Kier molecular flexibility index (Phi) is 5.82. The molecule has 0 saturated carbocycles. The number of nitrogens with one attached hydrogen (secondary N) is 1. The quantitative estimate of drug-likeness (QED) is 0.703. The maximum absolute atomic E-state index is 5.73. The molecule has 0 fully saturated rings. The molecule has 1 rings (SSSR count). The molecule has 16 heavy (non-hydrogen) atoms. The first kappa shape index (κ1) is 12.9. The van der Waals surface area contributed by atoms with E-state index in [4.69, 9.17) is 4.74 Å². The van der Waals surface area contributed by atoms with Crippen LogP contribution in [0.5, 0.6) is 5.75 Å². The van der Waals surface area contributed by atoms with Gasteiger partial charge in [0.25, 0.3) is 0 Å². The lowest BCUT2D eigenvalue weighted by Gasteiger charge is -2.12. The molecule has 0 atom stereocenters. The van der Waals surface area contributed by atoms with Crippen molar-refractivity contribution in [3.8, 4) is 5.75 Å². The minimum atomic E-state index is 0.749. The smallest absolute Gasteiger partial charge is 0.126 e. The molecule has 1 aromatic heterocycles. The average molecular weight is 223 g/mol. The maximum atomic E-state index is 5.73. The van der Waals surface area contributed by atoms with Gasteiger partial charge in [-0.1, -0.05) is 0 Å². The van der Waals surface area contributed by atoms with Crippen LogP contribution < -0.4 is 10.1 Å². The molecule has 1 N–H and O–H groups in total. The van der Waals surface area contributed by atoms with Gasteiger partial charge in [0.2, 0.25) is 0 Å². The second kappa shape index (κ2) is 7.19. The Bertz CT molecular complexity index is 302. The Morgan fingerprint density at radius 2 is 2.25 bits per heavy atom. The van der Waals surface area contributed by atoms with Crippen molar-refractivity contribution < 1.29 is 4.74 Å². The minimum absolute atomic E-state index is 0.749. The molecule has 0 saturated heterocycles. The monoisotopic (exact) mass is 223 g/mol. The summed E-state index contributed by atoms with van der Waals surface area (Å²) in [5.74, 6) is 0.933. The van der Waals surface area contributed by atoms with E-state index in [2.05, 4.69) is 29.3 Å². The van der Waals surface area contributed by atoms with Crippen LogP contribution in [0.2, 0.25) is 0 Å². The summed E-state index contributed by atoms with van der Waals surface area (Å²) in [6.45, 7) is 2.59. The van der Waals surface area contributed by atoms with Gasteiger partial charge in [-0.15, -0.1) is 0 Å². The molecular weight excluding hydrogens is 202 g/mol. The first-order valence-corrected chi connectivity index (χ1v) is 5.59. The highest BCUT2D eigenvalue weighted by Gasteiger charge is 2.02. The third kappa shape index (κ3) is 4.59. The Hall–Kier alpha value is -1.13. The van der Waals surface area contributed by atoms with Crippen molar-refractivity contribution in [3.05, 3.63) is 24.0 Å². The van der Waals surface area contributed by atoms with E-state index in [1.165, 1.54) is 0 Å². The van der Waals surface area contributed by atoms with Crippen molar-refractivity contribution in [3.63, 3.8) is 0 Å². The molecule has 1 heterocycles. The first-order valence-electron chi connectivity index (χ1n) is 5.59. The second-order valence-electron chi connectivity index (χ2n) is 4.02. The zero-order valence-corrected chi connectivity index (χ0v) is 10.4. The van der Waals surface area contributed by atoms with Crippen LogP contribution in [-0.4, -0.2) is 44.2 Å². The van der Waals surface area contributed by atoms with Gasteiger partial charge in [0, 0.05) is 31.0 Å². The summed E-state index contributed by atoms with van der Waals surface area (Å²) < 4.78 is 5.73. The van der Waals surface area contributed by atoms with Crippen molar-refractivity contribution in [2.45, 2.75) is 13.0 Å². The van der Waals surface area contributed by atoms with E-state index < -0.39 is 0 Å². The van der Waals surface area contributed by atoms with E-state index in [0.717, 1.165) is 37.4 Å². The maximum Gasteiger partial charge on any atom is 0.126 e. The first-order chi connectivity index (χ1) is 7.74. The standard InChI is InChI=1S/C12H21N3O/c1-13-9-11-10-14-6-5-12(11)16-8-4-7-15(2)3/h5-6,10,13H,4,7-9H2,1-3H3. The largest absolute Gasteiger partial charge is 0.493 e. The SMILES string of the molecule is CNCc1cnccc1OCCCN(C)C. The second-order valence-corrected chi connectivity index (χ2v) is 4.02. The highest BCUT2D eigenvalue weighted by atomic mass is 16.5. The van der Waals surface area contributed by atoms with Crippen LogP contribution in [0, 0.1) is 0 Å². The van der Waals surface area contributed by atoms with E-state index in [1.54, 1.807) is 6.20 Å². The zero-order valence-electron chi connectivity index (χ0n) is 10.4. The summed E-state index contributed by atoms with van der Waals surface area (Å²) in [5.41, 5.74) is 1.11. The number of hydrogen-bond donors (Lipinski definition) is 1. The third-order valence-electron chi connectivity index (χ3n) is 2.23. The van der Waals surface area contributed by atoms with Crippen molar-refractivity contribution in [2.75, 3.05) is 34.3 Å². The topological polar surface area (TPSA) is 37.4 Å². The van der Waals surface area contributed by atoms with Gasteiger partial charge < -0.3 is 15.0 Å². The van der Waals surface area contributed by atoms with Gasteiger partial charge in [-0.2, -0.15) is 0 Å². The molecule has 4 nitrogen and oxygen atoms in total. The summed E-state index contributed by atoms with van der Waals surface area (Å²) in [6, 6.07) is 1.92. The molecule has 90 valence electrons. The number of rotatable bonds is 7. The lowest BCUT2D eigenvalue weighted by molar-refractivity contribution is 0.279. The van der Waals surface area contributed by atoms with E-state index in [9.17, 15) is 0 Å². The minimum Gasteiger partial charge on any atom is -0.493 e. The fourth-order valence-electron chi connectivity index (χ4n) is 1.44. The van der Waals surface area contributed by atoms with Gasteiger partial charge in [-0.25, -0.2) is 0 Å². The summed E-state index contributed by atoms with van der Waals surface area (Å²) in [7, 11) is 6.06. The lowest BCUT2D eigenvalue weighted by atomic mass is 10.2. The Morgan fingerprint density at radius 3 is 2.94 bits per heavy atom. The van der Waals surface area contributed by atoms with E-state index >= 15 is 0 Å². The van der Waals surface area contributed by atoms with Crippen LogP contribution in [0.1, 0.15) is 12.0 Å². The van der Waals surface area contributed by atoms with Gasteiger partial charge in [0.05, 0.1) is 6.61 Å². The highest BCUT2D eigenvalue weighted by molar-refractivity contribution is 5.29. The van der Waals surface area contributed by atoms with Crippen molar-refractivity contribution in [1.82, 2.24) is 15.2 Å². The molecule has 0 unspecified atom stereocenters. The van der Waals surface area contributed by atoms with Gasteiger partial charge in [-0.05, 0) is 33.6 Å². The summed E-state index contributed by atoms with van der Waals surface area (Å²) in [4.78, 5) is 6.25. The van der Waals surface area contributed by atoms with Crippen LogP contribution in [0.25, 0.3) is 0 Å². The molecule has 0 spiro atoms. The molecule has 0 amide bonds. The number of aromatic nitrogens is 1. The molecule has 1 aromatic rings. The Labute approximate surface area is 97.6 Å². The molecule has 4 heteroatoms. The molecule has 0 aliphatic carbocycles. The van der Waals surface area contributed by atoms with Crippen molar-refractivity contribution >= 4 is 0 Å². The molecule has 0 aliphatic heterocycles. The number of pyridine rings is 1. The predicted octanol–water partition coefficient (Wildman–Crippen LogP) is 1.13. The van der Waals surface area contributed by atoms with E-state index in [-0.39, 0.29) is 0 Å². The molecule has 0 aliphatic rings.